The number of carbonyl (C=O) groups is 1. The topological polar surface area (TPSA) is 72.5 Å². The number of aryl methyl sites for hydroxylation is 2. The van der Waals surface area contributed by atoms with Gasteiger partial charge in [-0.2, -0.15) is 0 Å². The van der Waals surface area contributed by atoms with Crippen molar-refractivity contribution in [2.45, 2.75) is 56.8 Å². The summed E-state index contributed by atoms with van der Waals surface area (Å²) in [5.74, 6) is 0.536. The Bertz CT molecular complexity index is 732. The van der Waals surface area contributed by atoms with Crippen LogP contribution in [0.4, 0.5) is 0 Å². The molecule has 1 saturated carbocycles. The molecule has 1 unspecified atom stereocenters. The Morgan fingerprint density at radius 1 is 1.25 bits per heavy atom. The molecule has 1 amide bonds. The van der Waals surface area contributed by atoms with Crippen LogP contribution in [-0.2, 0) is 21.1 Å². The third-order valence-electron chi connectivity index (χ3n) is 5.53. The van der Waals surface area contributed by atoms with Crippen LogP contribution in [0.1, 0.15) is 42.4 Å². The van der Waals surface area contributed by atoms with Gasteiger partial charge in [0.2, 0.25) is 0 Å². The number of sulfone groups is 1. The molecule has 1 aliphatic carbocycles. The Labute approximate surface area is 143 Å². The van der Waals surface area contributed by atoms with Crippen molar-refractivity contribution in [1.29, 1.82) is 0 Å². The maximum absolute atomic E-state index is 12.5. The number of fused-ring (bicyclic) bond motifs is 1. The van der Waals surface area contributed by atoms with E-state index in [0.29, 0.717) is 19.3 Å². The molecule has 2 aliphatic rings. The van der Waals surface area contributed by atoms with Crippen LogP contribution in [0.5, 0.6) is 5.75 Å². The molecule has 3 rings (SSSR count). The fourth-order valence-corrected chi connectivity index (χ4v) is 5.08. The minimum absolute atomic E-state index is 0.179. The molecule has 1 aliphatic heterocycles. The first-order valence-electron chi connectivity index (χ1n) is 8.46. The predicted molar refractivity (Wildman–Crippen MR) is 93.1 cm³/mol. The van der Waals surface area contributed by atoms with Crippen molar-refractivity contribution in [1.82, 2.24) is 5.32 Å². The van der Waals surface area contributed by atoms with Gasteiger partial charge in [0.1, 0.15) is 5.75 Å². The molecule has 1 fully saturated rings. The second kappa shape index (κ2) is 6.06. The number of hydrogen-bond donors (Lipinski definition) is 1. The number of hydrogen-bond acceptors (Lipinski definition) is 4. The van der Waals surface area contributed by atoms with Gasteiger partial charge in [-0.1, -0.05) is 18.9 Å². The Kier molecular flexibility index (Phi) is 4.36. The zero-order chi connectivity index (χ0) is 17.5. The van der Waals surface area contributed by atoms with Gasteiger partial charge < -0.3 is 10.1 Å². The summed E-state index contributed by atoms with van der Waals surface area (Å²) in [6, 6.07) is 4.03. The van der Waals surface area contributed by atoms with E-state index < -0.39 is 20.7 Å². The van der Waals surface area contributed by atoms with Gasteiger partial charge in [-0.25, -0.2) is 8.42 Å². The van der Waals surface area contributed by atoms with Crippen molar-refractivity contribution in [2.24, 2.45) is 0 Å². The summed E-state index contributed by atoms with van der Waals surface area (Å²) in [6.45, 7) is 4.24. The van der Waals surface area contributed by atoms with E-state index in [9.17, 15) is 13.2 Å². The van der Waals surface area contributed by atoms with E-state index in [1.165, 1.54) is 11.8 Å². The number of carbonyl (C=O) groups excluding carboxylic acids is 1. The first kappa shape index (κ1) is 17.3. The first-order chi connectivity index (χ1) is 11.2. The van der Waals surface area contributed by atoms with Crippen molar-refractivity contribution < 1.29 is 17.9 Å². The average molecular weight is 351 g/mol. The number of nitrogens with one attached hydrogen (secondary N) is 1. The summed E-state index contributed by atoms with van der Waals surface area (Å²) < 4.78 is 29.3. The molecule has 0 bridgehead atoms. The SMILES string of the molecule is Cc1cc2c(cc1C)OC(C(=O)NCC1(S(C)(=O)=O)CCCC1)C2. The molecule has 24 heavy (non-hydrogen) atoms. The Morgan fingerprint density at radius 2 is 1.88 bits per heavy atom. The predicted octanol–water partition coefficient (Wildman–Crippen LogP) is 2.08. The normalized spacial score (nSPS) is 22.0. The lowest BCUT2D eigenvalue weighted by atomic mass is 10.0. The number of ether oxygens (including phenoxy) is 1. The molecule has 1 aromatic carbocycles. The van der Waals surface area contributed by atoms with E-state index in [2.05, 4.69) is 11.4 Å². The molecular weight excluding hydrogens is 326 g/mol. The summed E-state index contributed by atoms with van der Waals surface area (Å²) in [7, 11) is -3.20. The molecule has 1 heterocycles. The highest BCUT2D eigenvalue weighted by Gasteiger charge is 2.44. The van der Waals surface area contributed by atoms with E-state index in [1.807, 2.05) is 19.9 Å². The zero-order valence-electron chi connectivity index (χ0n) is 14.5. The first-order valence-corrected chi connectivity index (χ1v) is 10.4. The van der Waals surface area contributed by atoms with Crippen LogP contribution in [0.25, 0.3) is 0 Å². The number of benzene rings is 1. The third kappa shape index (κ3) is 3.04. The fraction of sp³-hybridized carbons (Fsp3) is 0.611. The molecule has 1 aromatic rings. The molecule has 5 nitrogen and oxygen atoms in total. The molecule has 1 atom stereocenters. The van der Waals surface area contributed by atoms with Gasteiger partial charge in [0.05, 0.1) is 4.75 Å². The molecule has 6 heteroatoms. The average Bonchev–Trinajstić information content (AvgIpc) is 3.12. The van der Waals surface area contributed by atoms with Gasteiger partial charge in [-0.3, -0.25) is 4.79 Å². The lowest BCUT2D eigenvalue weighted by molar-refractivity contribution is -0.127. The van der Waals surface area contributed by atoms with E-state index in [4.69, 9.17) is 4.74 Å². The van der Waals surface area contributed by atoms with Crippen molar-refractivity contribution in [3.63, 3.8) is 0 Å². The molecule has 0 radical (unpaired) electrons. The summed E-state index contributed by atoms with van der Waals surface area (Å²) in [5.41, 5.74) is 3.36. The van der Waals surface area contributed by atoms with Crippen LogP contribution in [0, 0.1) is 13.8 Å². The highest BCUT2D eigenvalue weighted by Crippen LogP contribution is 2.36. The van der Waals surface area contributed by atoms with Gasteiger partial charge in [0.15, 0.2) is 15.9 Å². The second-order valence-electron chi connectivity index (χ2n) is 7.23. The van der Waals surface area contributed by atoms with Crippen molar-refractivity contribution in [2.75, 3.05) is 12.8 Å². The van der Waals surface area contributed by atoms with Gasteiger partial charge in [-0.05, 0) is 49.4 Å². The smallest absolute Gasteiger partial charge is 0.261 e. The minimum atomic E-state index is -3.20. The highest BCUT2D eigenvalue weighted by molar-refractivity contribution is 7.92. The van der Waals surface area contributed by atoms with E-state index in [1.54, 1.807) is 0 Å². The van der Waals surface area contributed by atoms with Gasteiger partial charge in [0.25, 0.3) is 5.91 Å². The molecule has 0 aromatic heterocycles. The van der Waals surface area contributed by atoms with Crippen molar-refractivity contribution in [3.8, 4) is 5.75 Å². The van der Waals surface area contributed by atoms with Crippen molar-refractivity contribution in [3.05, 3.63) is 28.8 Å². The Morgan fingerprint density at radius 3 is 2.50 bits per heavy atom. The summed E-state index contributed by atoms with van der Waals surface area (Å²) in [6.07, 6.45) is 4.28. The number of amides is 1. The third-order valence-corrected chi connectivity index (χ3v) is 7.66. The van der Waals surface area contributed by atoms with Crippen LogP contribution in [0.15, 0.2) is 12.1 Å². The monoisotopic (exact) mass is 351 g/mol. The van der Waals surface area contributed by atoms with Crippen LogP contribution in [0.3, 0.4) is 0 Å². The largest absolute Gasteiger partial charge is 0.480 e. The van der Waals surface area contributed by atoms with Crippen LogP contribution >= 0.6 is 0 Å². The van der Waals surface area contributed by atoms with E-state index in [0.717, 1.165) is 29.7 Å². The van der Waals surface area contributed by atoms with Crippen LogP contribution in [-0.4, -0.2) is 38.0 Å². The summed E-state index contributed by atoms with van der Waals surface area (Å²) in [5, 5.41) is 2.83. The summed E-state index contributed by atoms with van der Waals surface area (Å²) >= 11 is 0. The van der Waals surface area contributed by atoms with E-state index >= 15 is 0 Å². The van der Waals surface area contributed by atoms with Gasteiger partial charge >= 0.3 is 0 Å². The molecule has 0 spiro atoms. The molecule has 0 saturated heterocycles. The quantitative estimate of drug-likeness (QED) is 0.901. The maximum Gasteiger partial charge on any atom is 0.261 e. The Balaban J connectivity index is 1.67. The minimum Gasteiger partial charge on any atom is -0.480 e. The number of rotatable bonds is 4. The van der Waals surface area contributed by atoms with Gasteiger partial charge in [-0.15, -0.1) is 0 Å². The van der Waals surface area contributed by atoms with Crippen LogP contribution < -0.4 is 10.1 Å². The lowest BCUT2D eigenvalue weighted by Crippen LogP contribution is -2.49. The highest BCUT2D eigenvalue weighted by atomic mass is 32.2. The molecule has 132 valence electrons. The van der Waals surface area contributed by atoms with E-state index in [-0.39, 0.29) is 12.5 Å². The van der Waals surface area contributed by atoms with Gasteiger partial charge in [0, 0.05) is 19.2 Å². The maximum atomic E-state index is 12.5. The zero-order valence-corrected chi connectivity index (χ0v) is 15.3. The second-order valence-corrected chi connectivity index (χ2v) is 9.65. The van der Waals surface area contributed by atoms with Crippen LogP contribution in [0.2, 0.25) is 0 Å². The van der Waals surface area contributed by atoms with Crippen molar-refractivity contribution >= 4 is 15.7 Å². The standard InChI is InChI=1S/C18H25NO4S/c1-12-8-14-10-16(23-15(14)9-13(12)2)17(20)19-11-18(24(3,21)22)6-4-5-7-18/h8-9,16H,4-7,10-11H2,1-3H3,(H,19,20). The molecular formula is C18H25NO4S. The molecule has 1 N–H and O–H groups in total. The fourth-order valence-electron chi connectivity index (χ4n) is 3.72. The Hall–Kier alpha value is -1.56. The summed E-state index contributed by atoms with van der Waals surface area (Å²) in [4.78, 5) is 12.5. The lowest BCUT2D eigenvalue weighted by Gasteiger charge is -2.27.